The van der Waals surface area contributed by atoms with Gasteiger partial charge in [0.1, 0.15) is 5.75 Å². The van der Waals surface area contributed by atoms with Crippen LogP contribution in [0.1, 0.15) is 5.56 Å². The molecule has 2 rings (SSSR count). The molecule has 1 aromatic heterocycles. The Hall–Kier alpha value is -2.47. The van der Waals surface area contributed by atoms with Gasteiger partial charge in [-0.2, -0.15) is 0 Å². The Kier molecular flexibility index (Phi) is 4.49. The first-order valence-electron chi connectivity index (χ1n) is 6.09. The maximum atomic E-state index is 8.79. The molecule has 110 valence electrons. The number of nitrogens with two attached hydrogens (primary N) is 1. The van der Waals surface area contributed by atoms with Crippen molar-refractivity contribution in [3.8, 4) is 5.75 Å². The predicted molar refractivity (Wildman–Crippen MR) is 82.8 cm³/mol. The van der Waals surface area contributed by atoms with E-state index in [4.69, 9.17) is 27.3 Å². The molecule has 1 heterocycles. The molecule has 0 radical (unpaired) electrons. The fourth-order valence-electron chi connectivity index (χ4n) is 1.94. The molecule has 6 nitrogen and oxygen atoms in total. The molecule has 0 amide bonds. The molecular weight excluding hydrogens is 292 g/mol. The Bertz CT molecular complexity index is 676. The number of ether oxygens (including phenoxy) is 1. The zero-order chi connectivity index (χ0) is 15.4. The van der Waals surface area contributed by atoms with E-state index in [-0.39, 0.29) is 5.84 Å². The molecule has 21 heavy (non-hydrogen) atoms. The van der Waals surface area contributed by atoms with Gasteiger partial charge in [0.05, 0.1) is 17.8 Å². The van der Waals surface area contributed by atoms with Crippen LogP contribution in [0, 0.1) is 0 Å². The second kappa shape index (κ2) is 6.32. The van der Waals surface area contributed by atoms with Crippen LogP contribution in [0.15, 0.2) is 41.7 Å². The molecule has 7 heteroatoms. The van der Waals surface area contributed by atoms with Crippen molar-refractivity contribution in [2.75, 3.05) is 19.1 Å². The van der Waals surface area contributed by atoms with Crippen LogP contribution >= 0.6 is 11.6 Å². The van der Waals surface area contributed by atoms with Crippen molar-refractivity contribution in [2.45, 2.75) is 0 Å². The van der Waals surface area contributed by atoms with Gasteiger partial charge in [0.2, 0.25) is 0 Å². The first-order valence-corrected chi connectivity index (χ1v) is 6.47. The third-order valence-corrected chi connectivity index (χ3v) is 3.39. The lowest BCUT2D eigenvalue weighted by atomic mass is 10.2. The molecule has 0 saturated carbocycles. The van der Waals surface area contributed by atoms with Gasteiger partial charge in [0, 0.05) is 18.8 Å². The van der Waals surface area contributed by atoms with Gasteiger partial charge in [-0.3, -0.25) is 0 Å². The number of amidine groups is 1. The third-order valence-electron chi connectivity index (χ3n) is 3.02. The molecule has 0 aliphatic heterocycles. The van der Waals surface area contributed by atoms with E-state index in [2.05, 4.69) is 10.1 Å². The normalized spacial score (nSPS) is 11.3. The number of para-hydroxylation sites is 2. The van der Waals surface area contributed by atoms with Crippen molar-refractivity contribution in [1.29, 1.82) is 0 Å². The van der Waals surface area contributed by atoms with Crippen LogP contribution in [0.25, 0.3) is 0 Å². The number of aromatic nitrogens is 1. The smallest absolute Gasteiger partial charge is 0.171 e. The highest BCUT2D eigenvalue weighted by Crippen LogP contribution is 2.35. The van der Waals surface area contributed by atoms with Gasteiger partial charge in [0.15, 0.2) is 11.7 Å². The number of anilines is 2. The van der Waals surface area contributed by atoms with Gasteiger partial charge in [-0.15, -0.1) is 0 Å². The number of rotatable bonds is 4. The number of pyridine rings is 1. The van der Waals surface area contributed by atoms with Gasteiger partial charge in [-0.25, -0.2) is 4.98 Å². The summed E-state index contributed by atoms with van der Waals surface area (Å²) in [6.45, 7) is 0. The van der Waals surface area contributed by atoms with Crippen molar-refractivity contribution in [2.24, 2.45) is 10.9 Å². The van der Waals surface area contributed by atoms with Gasteiger partial charge in [0.25, 0.3) is 0 Å². The summed E-state index contributed by atoms with van der Waals surface area (Å²) in [5.41, 5.74) is 6.81. The van der Waals surface area contributed by atoms with Gasteiger partial charge in [-0.1, -0.05) is 28.9 Å². The molecule has 0 spiro atoms. The summed E-state index contributed by atoms with van der Waals surface area (Å²) >= 11 is 6.31. The lowest BCUT2D eigenvalue weighted by molar-refractivity contribution is 0.318. The van der Waals surface area contributed by atoms with Crippen molar-refractivity contribution in [3.05, 3.63) is 47.1 Å². The Morgan fingerprint density at radius 2 is 2.10 bits per heavy atom. The maximum absolute atomic E-state index is 8.79. The van der Waals surface area contributed by atoms with Crippen molar-refractivity contribution in [1.82, 2.24) is 4.98 Å². The molecule has 0 saturated heterocycles. The van der Waals surface area contributed by atoms with Crippen LogP contribution in [-0.2, 0) is 0 Å². The van der Waals surface area contributed by atoms with E-state index in [1.165, 1.54) is 0 Å². The SMILES string of the molecule is COc1ccccc1N(C)c1nccc(/C(N)=N/O)c1Cl. The lowest BCUT2D eigenvalue weighted by Gasteiger charge is -2.22. The summed E-state index contributed by atoms with van der Waals surface area (Å²) in [6.07, 6.45) is 1.54. The Morgan fingerprint density at radius 1 is 1.38 bits per heavy atom. The first-order chi connectivity index (χ1) is 10.1. The minimum Gasteiger partial charge on any atom is -0.495 e. The first kappa shape index (κ1) is 14.9. The maximum Gasteiger partial charge on any atom is 0.171 e. The van der Waals surface area contributed by atoms with E-state index >= 15 is 0 Å². The molecule has 0 atom stereocenters. The molecular formula is C14H15ClN4O2. The van der Waals surface area contributed by atoms with Gasteiger partial charge >= 0.3 is 0 Å². The number of oxime groups is 1. The predicted octanol–water partition coefficient (Wildman–Crippen LogP) is 2.61. The van der Waals surface area contributed by atoms with Crippen LogP contribution < -0.4 is 15.4 Å². The highest BCUT2D eigenvalue weighted by molar-refractivity contribution is 6.36. The quantitative estimate of drug-likeness (QED) is 0.392. The van der Waals surface area contributed by atoms with Gasteiger partial charge in [-0.05, 0) is 18.2 Å². The summed E-state index contributed by atoms with van der Waals surface area (Å²) in [5, 5.41) is 12.0. The number of nitrogens with zero attached hydrogens (tertiary/aromatic N) is 3. The highest BCUT2D eigenvalue weighted by atomic mass is 35.5. The molecule has 0 unspecified atom stereocenters. The van der Waals surface area contributed by atoms with Crippen LogP contribution in [0.2, 0.25) is 5.02 Å². The van der Waals surface area contributed by atoms with E-state index in [1.807, 2.05) is 31.3 Å². The molecule has 2 aromatic rings. The topological polar surface area (TPSA) is 84.0 Å². The van der Waals surface area contributed by atoms with E-state index in [9.17, 15) is 0 Å². The van der Waals surface area contributed by atoms with Crippen molar-refractivity contribution >= 4 is 28.9 Å². The summed E-state index contributed by atoms with van der Waals surface area (Å²) in [4.78, 5) is 6.03. The second-order valence-electron chi connectivity index (χ2n) is 4.21. The minimum atomic E-state index is -0.0722. The van der Waals surface area contributed by atoms with Crippen LogP contribution in [-0.4, -0.2) is 30.2 Å². The fourth-order valence-corrected chi connectivity index (χ4v) is 2.27. The van der Waals surface area contributed by atoms with Crippen LogP contribution in [0.4, 0.5) is 11.5 Å². The number of methoxy groups -OCH3 is 1. The van der Waals surface area contributed by atoms with Crippen LogP contribution in [0.5, 0.6) is 5.75 Å². The largest absolute Gasteiger partial charge is 0.495 e. The lowest BCUT2D eigenvalue weighted by Crippen LogP contribution is -2.18. The van der Waals surface area contributed by atoms with Crippen molar-refractivity contribution in [3.63, 3.8) is 0 Å². The third kappa shape index (κ3) is 2.85. The van der Waals surface area contributed by atoms with E-state index < -0.39 is 0 Å². The summed E-state index contributed by atoms with van der Waals surface area (Å²) < 4.78 is 5.33. The Morgan fingerprint density at radius 3 is 2.76 bits per heavy atom. The zero-order valence-electron chi connectivity index (χ0n) is 11.6. The number of halogens is 1. The average Bonchev–Trinajstić information content (AvgIpc) is 2.53. The molecule has 1 aromatic carbocycles. The summed E-state index contributed by atoms with van der Waals surface area (Å²) in [6, 6.07) is 9.06. The number of benzene rings is 1. The minimum absolute atomic E-state index is 0.0722. The number of hydrogen-bond acceptors (Lipinski definition) is 5. The fraction of sp³-hybridized carbons (Fsp3) is 0.143. The molecule has 3 N–H and O–H groups in total. The summed E-state index contributed by atoms with van der Waals surface area (Å²) in [5.74, 6) is 1.09. The second-order valence-corrected chi connectivity index (χ2v) is 4.59. The number of hydrogen-bond donors (Lipinski definition) is 2. The van der Waals surface area contributed by atoms with E-state index in [0.717, 1.165) is 5.69 Å². The van der Waals surface area contributed by atoms with Crippen LogP contribution in [0.3, 0.4) is 0 Å². The van der Waals surface area contributed by atoms with Crippen molar-refractivity contribution < 1.29 is 9.94 Å². The van der Waals surface area contributed by atoms with E-state index in [0.29, 0.717) is 22.2 Å². The molecule has 0 aliphatic rings. The van der Waals surface area contributed by atoms with Gasteiger partial charge < -0.3 is 20.6 Å². The average molecular weight is 307 g/mol. The highest BCUT2D eigenvalue weighted by Gasteiger charge is 2.17. The molecule has 0 bridgehead atoms. The van der Waals surface area contributed by atoms with E-state index in [1.54, 1.807) is 24.3 Å². The molecule has 0 aliphatic carbocycles. The summed E-state index contributed by atoms with van der Waals surface area (Å²) in [7, 11) is 3.40. The Labute approximate surface area is 127 Å². The standard InChI is InChI=1S/C14H15ClN4O2/c1-19(10-5-3-4-6-11(10)21-2)14-12(15)9(7-8-17-14)13(16)18-20/h3-8,20H,1-2H3,(H2,16,18). The zero-order valence-corrected chi connectivity index (χ0v) is 12.4. The molecule has 0 fully saturated rings. The monoisotopic (exact) mass is 306 g/mol. The Balaban J connectivity index is 2.51.